The number of anilines is 1. The number of aromatic nitrogens is 1. The number of aromatic amines is 1. The van der Waals surface area contributed by atoms with Gasteiger partial charge in [-0.3, -0.25) is 24.1 Å². The number of likely N-dealkylation sites (tertiary alicyclic amines) is 1. The number of thioether (sulfide) groups is 1. The molecule has 0 spiro atoms. The van der Waals surface area contributed by atoms with Crippen LogP contribution in [0.4, 0.5) is 5.69 Å². The summed E-state index contributed by atoms with van der Waals surface area (Å²) in [7, 11) is 0. The van der Waals surface area contributed by atoms with Gasteiger partial charge >= 0.3 is 4.87 Å². The molecular formula is C25H20ClN3O5S2. The molecule has 2 aliphatic carbocycles. The molecule has 4 aliphatic rings. The quantitative estimate of drug-likeness (QED) is 0.486. The lowest BCUT2D eigenvalue weighted by Crippen LogP contribution is -2.42. The largest absolute Gasteiger partial charge is 0.469 e. The number of nitrogens with zero attached hydrogens (tertiary/aromatic N) is 1. The summed E-state index contributed by atoms with van der Waals surface area (Å²) in [6.45, 7) is -0.308. The van der Waals surface area contributed by atoms with Crippen molar-refractivity contribution in [3.05, 3.63) is 68.0 Å². The van der Waals surface area contributed by atoms with Gasteiger partial charge in [0.05, 0.1) is 33.9 Å². The third kappa shape index (κ3) is 3.20. The molecule has 2 N–H and O–H groups in total. The van der Waals surface area contributed by atoms with Crippen LogP contribution in [0, 0.1) is 29.6 Å². The highest BCUT2D eigenvalue weighted by Gasteiger charge is 2.69. The van der Waals surface area contributed by atoms with Crippen LogP contribution in [0.1, 0.15) is 23.0 Å². The van der Waals surface area contributed by atoms with Crippen molar-refractivity contribution >= 4 is 58.1 Å². The Balaban J connectivity index is 1.17. The number of nitrogens with one attached hydrogen (secondary N) is 2. The predicted octanol–water partition coefficient (Wildman–Crippen LogP) is 3.79. The predicted molar refractivity (Wildman–Crippen MR) is 134 cm³/mol. The monoisotopic (exact) mass is 541 g/mol. The van der Waals surface area contributed by atoms with Crippen LogP contribution in [0.25, 0.3) is 0 Å². The third-order valence-corrected chi connectivity index (χ3v) is 10.9. The van der Waals surface area contributed by atoms with Gasteiger partial charge in [-0.2, -0.15) is 0 Å². The van der Waals surface area contributed by atoms with E-state index < -0.39 is 17.7 Å². The van der Waals surface area contributed by atoms with E-state index in [4.69, 9.17) is 16.0 Å². The normalized spacial score (nSPS) is 31.9. The number of thiazole rings is 1. The summed E-state index contributed by atoms with van der Waals surface area (Å²) in [5, 5.41) is 4.21. The number of carbonyl (C=O) groups excluding carboxylic acids is 3. The van der Waals surface area contributed by atoms with Gasteiger partial charge in [0, 0.05) is 16.0 Å². The molecule has 1 aromatic carbocycles. The van der Waals surface area contributed by atoms with Crippen LogP contribution in [-0.4, -0.2) is 39.4 Å². The second-order valence-electron chi connectivity index (χ2n) is 9.79. The molecule has 6 unspecified atom stereocenters. The van der Waals surface area contributed by atoms with E-state index in [1.807, 2.05) is 12.1 Å². The SMILES string of the molecule is O=C(CN1C(=O)C2C3CC(C2C1=O)C1C3Sc2[nH]c(=O)sc2[C@@H]1c1ccco1)Nc1ccc(Cl)cc1. The van der Waals surface area contributed by atoms with E-state index in [9.17, 15) is 19.2 Å². The minimum absolute atomic E-state index is 0.00444. The molecule has 11 heteroatoms. The average molecular weight is 542 g/mol. The highest BCUT2D eigenvalue weighted by Crippen LogP contribution is 2.68. The number of imide groups is 1. The lowest BCUT2D eigenvalue weighted by molar-refractivity contribution is -0.143. The summed E-state index contributed by atoms with van der Waals surface area (Å²) < 4.78 is 5.81. The molecule has 184 valence electrons. The number of rotatable bonds is 4. The number of fused-ring (bicyclic) bond motifs is 9. The number of amides is 3. The molecule has 7 atom stereocenters. The summed E-state index contributed by atoms with van der Waals surface area (Å²) in [6.07, 6.45) is 2.42. The molecule has 3 fully saturated rings. The second-order valence-corrected chi connectivity index (χ2v) is 12.4. The van der Waals surface area contributed by atoms with Gasteiger partial charge in [-0.05, 0) is 60.6 Å². The topological polar surface area (TPSA) is 112 Å². The van der Waals surface area contributed by atoms with Crippen molar-refractivity contribution in [2.45, 2.75) is 22.6 Å². The van der Waals surface area contributed by atoms with Gasteiger partial charge in [-0.25, -0.2) is 0 Å². The Morgan fingerprint density at radius 1 is 1.11 bits per heavy atom. The number of carbonyl (C=O) groups is 3. The molecule has 2 bridgehead atoms. The Bertz CT molecular complexity index is 1450. The molecule has 1 saturated heterocycles. The van der Waals surface area contributed by atoms with E-state index in [2.05, 4.69) is 10.3 Å². The van der Waals surface area contributed by atoms with Crippen LogP contribution in [0.5, 0.6) is 0 Å². The van der Waals surface area contributed by atoms with Crippen molar-refractivity contribution in [1.82, 2.24) is 9.88 Å². The van der Waals surface area contributed by atoms with E-state index >= 15 is 0 Å². The van der Waals surface area contributed by atoms with Gasteiger partial charge in [0.2, 0.25) is 17.7 Å². The van der Waals surface area contributed by atoms with Crippen LogP contribution in [0.2, 0.25) is 5.02 Å². The first-order valence-electron chi connectivity index (χ1n) is 11.7. The van der Waals surface area contributed by atoms with Crippen molar-refractivity contribution in [3.8, 4) is 0 Å². The fraction of sp³-hybridized carbons (Fsp3) is 0.360. The third-order valence-electron chi connectivity index (χ3n) is 8.09. The van der Waals surface area contributed by atoms with E-state index in [0.29, 0.717) is 10.7 Å². The van der Waals surface area contributed by atoms with Crippen molar-refractivity contribution in [3.63, 3.8) is 0 Å². The maximum atomic E-state index is 13.6. The van der Waals surface area contributed by atoms with Crippen LogP contribution in [-0.2, 0) is 14.4 Å². The average Bonchev–Trinajstić information content (AvgIpc) is 3.66. The lowest BCUT2D eigenvalue weighted by atomic mass is 9.69. The zero-order chi connectivity index (χ0) is 24.7. The highest BCUT2D eigenvalue weighted by atomic mass is 35.5. The first-order chi connectivity index (χ1) is 17.4. The van der Waals surface area contributed by atoms with E-state index in [1.165, 1.54) is 11.3 Å². The second kappa shape index (κ2) is 8.09. The summed E-state index contributed by atoms with van der Waals surface area (Å²) in [6, 6.07) is 10.4. The number of hydrogen-bond acceptors (Lipinski definition) is 7. The molecule has 3 aromatic rings. The maximum absolute atomic E-state index is 13.6. The van der Waals surface area contributed by atoms with Gasteiger partial charge in [0.1, 0.15) is 12.3 Å². The standard InChI is InChI=1S/C25H20ClN3O5S2/c26-10-3-5-11(6-4-10)27-15(30)9-29-23(31)17-12-8-13(18(17)24(29)32)20-16(12)19(14-2-1-7-34-14)21-22(35-20)28-25(33)36-21/h1-7,12-13,16-20H,8-9H2,(H,27,30)(H,28,33)/t12?,13?,16?,17?,18?,19-,20?/m1/s1. The van der Waals surface area contributed by atoms with Crippen LogP contribution in [0.15, 0.2) is 56.9 Å². The van der Waals surface area contributed by atoms with Crippen LogP contribution < -0.4 is 10.2 Å². The molecule has 3 amide bonds. The lowest BCUT2D eigenvalue weighted by Gasteiger charge is -2.42. The van der Waals surface area contributed by atoms with Crippen molar-refractivity contribution < 1.29 is 18.8 Å². The Morgan fingerprint density at radius 2 is 1.86 bits per heavy atom. The van der Waals surface area contributed by atoms with Gasteiger partial charge in [0.15, 0.2) is 0 Å². The molecule has 2 aliphatic heterocycles. The first-order valence-corrected chi connectivity index (χ1v) is 13.8. The van der Waals surface area contributed by atoms with E-state index in [1.54, 1.807) is 42.3 Å². The van der Waals surface area contributed by atoms with Crippen LogP contribution >= 0.6 is 34.7 Å². The molecule has 2 aromatic heterocycles. The fourth-order valence-corrected chi connectivity index (χ4v) is 9.89. The van der Waals surface area contributed by atoms with Gasteiger partial charge < -0.3 is 14.7 Å². The molecule has 4 heterocycles. The summed E-state index contributed by atoms with van der Waals surface area (Å²) >= 11 is 8.72. The molecule has 8 nitrogen and oxygen atoms in total. The number of halogens is 1. The van der Waals surface area contributed by atoms with Gasteiger partial charge in [-0.15, -0.1) is 11.8 Å². The zero-order valence-corrected chi connectivity index (χ0v) is 21.1. The van der Waals surface area contributed by atoms with E-state index in [-0.39, 0.29) is 52.2 Å². The Morgan fingerprint density at radius 3 is 2.58 bits per heavy atom. The van der Waals surface area contributed by atoms with Crippen molar-refractivity contribution in [2.75, 3.05) is 11.9 Å². The fourth-order valence-electron chi connectivity index (χ4n) is 6.90. The molecular weight excluding hydrogens is 522 g/mol. The highest BCUT2D eigenvalue weighted by molar-refractivity contribution is 8.00. The number of hydrogen-bond donors (Lipinski definition) is 2. The van der Waals surface area contributed by atoms with Gasteiger partial charge in [-0.1, -0.05) is 22.9 Å². The van der Waals surface area contributed by atoms with Gasteiger partial charge in [0.25, 0.3) is 0 Å². The Kier molecular flexibility index (Phi) is 5.03. The molecule has 7 rings (SSSR count). The smallest absolute Gasteiger partial charge is 0.305 e. The number of H-pyrrole nitrogens is 1. The molecule has 0 radical (unpaired) electrons. The van der Waals surface area contributed by atoms with Crippen LogP contribution in [0.3, 0.4) is 0 Å². The summed E-state index contributed by atoms with van der Waals surface area (Å²) in [4.78, 5) is 56.9. The molecule has 36 heavy (non-hydrogen) atoms. The number of furan rings is 1. The Hall–Kier alpha value is -2.82. The number of benzene rings is 1. The first kappa shape index (κ1) is 22.4. The minimum atomic E-state index is -0.442. The minimum Gasteiger partial charge on any atom is -0.469 e. The summed E-state index contributed by atoms with van der Waals surface area (Å²) in [5.74, 6) is -1.11. The van der Waals surface area contributed by atoms with Crippen molar-refractivity contribution in [1.29, 1.82) is 0 Å². The summed E-state index contributed by atoms with van der Waals surface area (Å²) in [5.41, 5.74) is 0.549. The van der Waals surface area contributed by atoms with Crippen molar-refractivity contribution in [2.24, 2.45) is 29.6 Å². The Labute approximate surface area is 218 Å². The molecule has 2 saturated carbocycles. The maximum Gasteiger partial charge on any atom is 0.305 e. The van der Waals surface area contributed by atoms with E-state index in [0.717, 1.165) is 27.0 Å². The zero-order valence-electron chi connectivity index (χ0n) is 18.7.